The molecule has 0 aliphatic rings. The molecule has 0 aliphatic heterocycles. The summed E-state index contributed by atoms with van der Waals surface area (Å²) in [6.45, 7) is 10.1. The number of sulfonamides is 1. The van der Waals surface area contributed by atoms with E-state index in [1.54, 1.807) is 0 Å². The fourth-order valence-electron chi connectivity index (χ4n) is 0.872. The van der Waals surface area contributed by atoms with Crippen LogP contribution < -0.4 is 5.14 Å². The standard InChI is InChI=1S/C9H15N3O2S2/c1-6(9(2,3)4)5-7-11-12-8(15-7)16(10,13)14/h1,5H2,2-4H3,(H2,10,13,14). The quantitative estimate of drug-likeness (QED) is 0.832. The van der Waals surface area contributed by atoms with Crippen molar-refractivity contribution in [2.45, 2.75) is 31.5 Å². The molecule has 0 bridgehead atoms. The van der Waals surface area contributed by atoms with Crippen molar-refractivity contribution in [3.05, 3.63) is 17.2 Å². The molecule has 0 aromatic carbocycles. The molecule has 90 valence electrons. The van der Waals surface area contributed by atoms with Crippen LogP contribution in [0.3, 0.4) is 0 Å². The van der Waals surface area contributed by atoms with Crippen LogP contribution in [0, 0.1) is 5.41 Å². The van der Waals surface area contributed by atoms with Gasteiger partial charge in [0, 0.05) is 6.42 Å². The van der Waals surface area contributed by atoms with Crippen LogP contribution in [-0.2, 0) is 16.4 Å². The van der Waals surface area contributed by atoms with E-state index in [-0.39, 0.29) is 9.75 Å². The minimum absolute atomic E-state index is 0.0343. The van der Waals surface area contributed by atoms with Gasteiger partial charge >= 0.3 is 0 Å². The van der Waals surface area contributed by atoms with Crippen LogP contribution in [0.25, 0.3) is 0 Å². The second kappa shape index (κ2) is 4.23. The summed E-state index contributed by atoms with van der Waals surface area (Å²) < 4.78 is 21.8. The molecule has 0 saturated heterocycles. The second-order valence-electron chi connectivity index (χ2n) is 4.54. The minimum atomic E-state index is -3.74. The van der Waals surface area contributed by atoms with Crippen molar-refractivity contribution in [2.75, 3.05) is 0 Å². The molecule has 2 N–H and O–H groups in total. The normalized spacial score (nSPS) is 12.8. The molecule has 0 atom stereocenters. The molecule has 0 aliphatic carbocycles. The Labute approximate surface area is 99.4 Å². The van der Waals surface area contributed by atoms with Gasteiger partial charge in [-0.1, -0.05) is 44.3 Å². The fraction of sp³-hybridized carbons (Fsp3) is 0.556. The van der Waals surface area contributed by atoms with E-state index >= 15 is 0 Å². The minimum Gasteiger partial charge on any atom is -0.223 e. The van der Waals surface area contributed by atoms with Crippen molar-refractivity contribution in [3.63, 3.8) is 0 Å². The number of primary sulfonamides is 1. The third-order valence-electron chi connectivity index (χ3n) is 2.12. The average Bonchev–Trinajstić information content (AvgIpc) is 2.49. The topological polar surface area (TPSA) is 85.9 Å². The van der Waals surface area contributed by atoms with Gasteiger partial charge in [-0.05, 0) is 5.41 Å². The zero-order chi connectivity index (χ0) is 12.6. The Kier molecular flexibility index (Phi) is 3.51. The summed E-state index contributed by atoms with van der Waals surface area (Å²) in [5.74, 6) is 0. The SMILES string of the molecule is C=C(Cc1nnc(S(N)(=O)=O)s1)C(C)(C)C. The zero-order valence-electron chi connectivity index (χ0n) is 9.52. The van der Waals surface area contributed by atoms with Gasteiger partial charge in [0.1, 0.15) is 5.01 Å². The first-order valence-corrected chi connectivity index (χ1v) is 7.00. The van der Waals surface area contributed by atoms with Gasteiger partial charge in [0.25, 0.3) is 10.0 Å². The van der Waals surface area contributed by atoms with Crippen LogP contribution in [0.15, 0.2) is 16.5 Å². The summed E-state index contributed by atoms with van der Waals surface area (Å²) >= 11 is 0.988. The molecule has 0 amide bonds. The lowest BCUT2D eigenvalue weighted by Gasteiger charge is -2.20. The molecule has 0 spiro atoms. The lowest BCUT2D eigenvalue weighted by atomic mass is 9.86. The number of nitrogens with zero attached hydrogens (tertiary/aromatic N) is 2. The van der Waals surface area contributed by atoms with Crippen molar-refractivity contribution in [1.29, 1.82) is 0 Å². The molecule has 0 fully saturated rings. The summed E-state index contributed by atoms with van der Waals surface area (Å²) in [6.07, 6.45) is 0.524. The Bertz CT molecular complexity index is 497. The van der Waals surface area contributed by atoms with Crippen molar-refractivity contribution in [3.8, 4) is 0 Å². The van der Waals surface area contributed by atoms with Crippen LogP contribution in [0.4, 0.5) is 0 Å². The van der Waals surface area contributed by atoms with E-state index in [0.717, 1.165) is 16.9 Å². The highest BCUT2D eigenvalue weighted by Gasteiger charge is 2.19. The zero-order valence-corrected chi connectivity index (χ0v) is 11.2. The van der Waals surface area contributed by atoms with E-state index in [1.807, 2.05) is 20.8 Å². The van der Waals surface area contributed by atoms with Gasteiger partial charge in [0.15, 0.2) is 0 Å². The van der Waals surface area contributed by atoms with Crippen molar-refractivity contribution in [1.82, 2.24) is 10.2 Å². The fourth-order valence-corrected chi connectivity index (χ4v) is 2.39. The van der Waals surface area contributed by atoms with Crippen LogP contribution in [0.2, 0.25) is 0 Å². The molecule has 0 radical (unpaired) electrons. The Morgan fingerprint density at radius 3 is 2.38 bits per heavy atom. The van der Waals surface area contributed by atoms with E-state index in [0.29, 0.717) is 11.4 Å². The largest absolute Gasteiger partial charge is 0.267 e. The summed E-state index contributed by atoms with van der Waals surface area (Å²) in [4.78, 5) is 0. The molecule has 7 heteroatoms. The predicted molar refractivity (Wildman–Crippen MR) is 63.6 cm³/mol. The molecule has 0 saturated carbocycles. The van der Waals surface area contributed by atoms with Gasteiger partial charge in [-0.25, -0.2) is 13.6 Å². The van der Waals surface area contributed by atoms with E-state index < -0.39 is 10.0 Å². The molecule has 16 heavy (non-hydrogen) atoms. The van der Waals surface area contributed by atoms with Gasteiger partial charge in [-0.2, -0.15) is 0 Å². The lowest BCUT2D eigenvalue weighted by Crippen LogP contribution is -2.11. The summed E-state index contributed by atoms with van der Waals surface area (Å²) in [7, 11) is -3.74. The highest BCUT2D eigenvalue weighted by atomic mass is 32.2. The smallest absolute Gasteiger partial charge is 0.223 e. The summed E-state index contributed by atoms with van der Waals surface area (Å²) in [5.41, 5.74) is 0.942. The van der Waals surface area contributed by atoms with Crippen LogP contribution in [-0.4, -0.2) is 18.6 Å². The van der Waals surface area contributed by atoms with E-state index in [2.05, 4.69) is 16.8 Å². The molecule has 0 unspecified atom stereocenters. The first kappa shape index (κ1) is 13.3. The maximum Gasteiger partial charge on any atom is 0.267 e. The maximum atomic E-state index is 11.0. The molecular formula is C9H15N3O2S2. The molecule has 1 aromatic heterocycles. The number of allylic oxidation sites excluding steroid dienone is 1. The highest BCUT2D eigenvalue weighted by molar-refractivity contribution is 7.91. The molecule has 1 rings (SSSR count). The maximum absolute atomic E-state index is 11.0. The number of hydrogen-bond donors (Lipinski definition) is 1. The van der Waals surface area contributed by atoms with Crippen LogP contribution in [0.5, 0.6) is 0 Å². The van der Waals surface area contributed by atoms with Crippen LogP contribution in [0.1, 0.15) is 25.8 Å². The molecule has 1 heterocycles. The lowest BCUT2D eigenvalue weighted by molar-refractivity contribution is 0.493. The molecule has 1 aromatic rings. The summed E-state index contributed by atoms with van der Waals surface area (Å²) in [6, 6.07) is 0. The number of hydrogen-bond acceptors (Lipinski definition) is 5. The highest BCUT2D eigenvalue weighted by Crippen LogP contribution is 2.27. The third-order valence-corrected chi connectivity index (χ3v) is 4.35. The monoisotopic (exact) mass is 261 g/mol. The Morgan fingerprint density at radius 2 is 2.00 bits per heavy atom. The average molecular weight is 261 g/mol. The van der Waals surface area contributed by atoms with Gasteiger partial charge in [0.05, 0.1) is 0 Å². The summed E-state index contributed by atoms with van der Waals surface area (Å²) in [5, 5.41) is 12.9. The predicted octanol–water partition coefficient (Wildman–Crippen LogP) is 1.33. The van der Waals surface area contributed by atoms with Crippen molar-refractivity contribution >= 4 is 21.4 Å². The number of nitrogens with two attached hydrogens (primary N) is 1. The van der Waals surface area contributed by atoms with E-state index in [1.165, 1.54) is 0 Å². The van der Waals surface area contributed by atoms with Crippen LogP contribution >= 0.6 is 11.3 Å². The molecule has 5 nitrogen and oxygen atoms in total. The number of rotatable bonds is 3. The third kappa shape index (κ3) is 3.36. The number of aromatic nitrogens is 2. The van der Waals surface area contributed by atoms with Crippen molar-refractivity contribution < 1.29 is 8.42 Å². The first-order chi connectivity index (χ1) is 7.10. The van der Waals surface area contributed by atoms with Crippen molar-refractivity contribution in [2.24, 2.45) is 10.6 Å². The van der Waals surface area contributed by atoms with Gasteiger partial charge < -0.3 is 0 Å². The van der Waals surface area contributed by atoms with Gasteiger partial charge in [0.2, 0.25) is 4.34 Å². The van der Waals surface area contributed by atoms with Gasteiger partial charge in [-0.15, -0.1) is 10.2 Å². The first-order valence-electron chi connectivity index (χ1n) is 4.64. The van der Waals surface area contributed by atoms with E-state index in [4.69, 9.17) is 5.14 Å². The second-order valence-corrected chi connectivity index (χ2v) is 7.33. The Balaban J connectivity index is 2.86. The Morgan fingerprint density at radius 1 is 1.44 bits per heavy atom. The Hall–Kier alpha value is -0.790. The molecular weight excluding hydrogens is 246 g/mol. The van der Waals surface area contributed by atoms with Gasteiger partial charge in [-0.3, -0.25) is 0 Å². The van der Waals surface area contributed by atoms with E-state index in [9.17, 15) is 8.42 Å².